The fourth-order valence-electron chi connectivity index (χ4n) is 2.02. The predicted molar refractivity (Wildman–Crippen MR) is 85.1 cm³/mol. The van der Waals surface area contributed by atoms with Crippen LogP contribution in [0.1, 0.15) is 17.2 Å². The van der Waals surface area contributed by atoms with E-state index in [1.165, 1.54) is 5.06 Å². The Morgan fingerprint density at radius 3 is 2.38 bits per heavy atom. The Morgan fingerprint density at radius 2 is 1.81 bits per heavy atom. The van der Waals surface area contributed by atoms with E-state index in [0.29, 0.717) is 6.61 Å². The van der Waals surface area contributed by atoms with Crippen molar-refractivity contribution in [2.24, 2.45) is 5.73 Å². The molecule has 0 radical (unpaired) electrons. The first kappa shape index (κ1) is 15.7. The third-order valence-electron chi connectivity index (χ3n) is 3.10. The molecule has 0 aliphatic carbocycles. The number of rotatable bonds is 6. The fourth-order valence-corrected chi connectivity index (χ4v) is 2.29. The quantitative estimate of drug-likeness (QED) is 0.816. The van der Waals surface area contributed by atoms with Crippen LogP contribution in [0, 0.1) is 0 Å². The maximum atomic E-state index is 11.7. The maximum absolute atomic E-state index is 11.7. The van der Waals surface area contributed by atoms with Gasteiger partial charge in [0.05, 0.1) is 6.61 Å². The topological polar surface area (TPSA) is 55.6 Å². The number of carbonyl (C=O) groups is 1. The first-order chi connectivity index (χ1) is 10.1. The lowest BCUT2D eigenvalue weighted by molar-refractivity contribution is -0.184. The van der Waals surface area contributed by atoms with E-state index in [4.69, 9.17) is 10.6 Å². The van der Waals surface area contributed by atoms with Crippen LogP contribution in [0.25, 0.3) is 0 Å². The SMILES string of the molecule is CN(OCc1ccccc1)[C@@H](C(N)=O)c1ccc(Br)cc1. The van der Waals surface area contributed by atoms with E-state index in [-0.39, 0.29) is 0 Å². The van der Waals surface area contributed by atoms with Gasteiger partial charge >= 0.3 is 0 Å². The summed E-state index contributed by atoms with van der Waals surface area (Å²) in [6.07, 6.45) is 0. The third kappa shape index (κ3) is 4.39. The van der Waals surface area contributed by atoms with Crippen molar-refractivity contribution in [1.29, 1.82) is 0 Å². The van der Waals surface area contributed by atoms with Crippen molar-refractivity contribution in [3.05, 3.63) is 70.2 Å². The summed E-state index contributed by atoms with van der Waals surface area (Å²) in [7, 11) is 1.71. The van der Waals surface area contributed by atoms with E-state index in [1.807, 2.05) is 54.6 Å². The molecule has 21 heavy (non-hydrogen) atoms. The minimum absolute atomic E-state index is 0.387. The highest BCUT2D eigenvalue weighted by atomic mass is 79.9. The largest absolute Gasteiger partial charge is 0.368 e. The average molecular weight is 349 g/mol. The molecule has 0 aliphatic heterocycles. The Labute approximate surface area is 132 Å². The van der Waals surface area contributed by atoms with Crippen molar-refractivity contribution in [3.8, 4) is 0 Å². The molecule has 0 aliphatic rings. The molecule has 2 aromatic carbocycles. The van der Waals surface area contributed by atoms with Crippen LogP contribution in [-0.4, -0.2) is 18.0 Å². The van der Waals surface area contributed by atoms with Gasteiger partial charge in [-0.2, -0.15) is 5.06 Å². The average Bonchev–Trinajstić information content (AvgIpc) is 2.48. The van der Waals surface area contributed by atoms with Crippen LogP contribution in [-0.2, 0) is 16.2 Å². The molecule has 1 amide bonds. The molecule has 2 rings (SSSR count). The summed E-state index contributed by atoms with van der Waals surface area (Å²) in [5, 5.41) is 1.50. The lowest BCUT2D eigenvalue weighted by atomic mass is 10.1. The number of carbonyl (C=O) groups excluding carboxylic acids is 1. The fraction of sp³-hybridized carbons (Fsp3) is 0.188. The number of likely N-dealkylation sites (N-methyl/N-ethyl adjacent to an activating group) is 1. The van der Waals surface area contributed by atoms with Crippen molar-refractivity contribution in [2.75, 3.05) is 7.05 Å². The molecule has 1 atom stereocenters. The van der Waals surface area contributed by atoms with Gasteiger partial charge in [-0.25, -0.2) is 0 Å². The minimum atomic E-state index is -0.623. The normalized spacial score (nSPS) is 12.3. The van der Waals surface area contributed by atoms with E-state index in [0.717, 1.165) is 15.6 Å². The lowest BCUT2D eigenvalue weighted by Crippen LogP contribution is -2.35. The first-order valence-electron chi connectivity index (χ1n) is 6.52. The molecule has 2 N–H and O–H groups in total. The zero-order valence-corrected chi connectivity index (χ0v) is 13.3. The molecular weight excluding hydrogens is 332 g/mol. The molecule has 0 saturated carbocycles. The van der Waals surface area contributed by atoms with Gasteiger partial charge in [-0.1, -0.05) is 58.4 Å². The van der Waals surface area contributed by atoms with Gasteiger partial charge in [-0.3, -0.25) is 9.63 Å². The van der Waals surface area contributed by atoms with Crippen LogP contribution in [0.15, 0.2) is 59.1 Å². The number of nitrogens with two attached hydrogens (primary N) is 1. The second-order valence-corrected chi connectivity index (χ2v) is 5.58. The number of nitrogens with zero attached hydrogens (tertiary/aromatic N) is 1. The van der Waals surface area contributed by atoms with Gasteiger partial charge in [0.2, 0.25) is 5.91 Å². The van der Waals surface area contributed by atoms with Crippen LogP contribution in [0.3, 0.4) is 0 Å². The molecule has 0 saturated heterocycles. The van der Waals surface area contributed by atoms with Gasteiger partial charge in [0.1, 0.15) is 6.04 Å². The lowest BCUT2D eigenvalue weighted by Gasteiger charge is -2.25. The molecule has 0 aromatic heterocycles. The summed E-state index contributed by atoms with van der Waals surface area (Å²) in [5.74, 6) is -0.451. The highest BCUT2D eigenvalue weighted by Gasteiger charge is 2.23. The number of halogens is 1. The Balaban J connectivity index is 2.07. The Morgan fingerprint density at radius 1 is 1.19 bits per heavy atom. The second-order valence-electron chi connectivity index (χ2n) is 4.66. The summed E-state index contributed by atoms with van der Waals surface area (Å²) in [5.41, 5.74) is 7.33. The molecule has 2 aromatic rings. The van der Waals surface area contributed by atoms with Gasteiger partial charge in [-0.15, -0.1) is 0 Å². The molecule has 0 fully saturated rings. The smallest absolute Gasteiger partial charge is 0.241 e. The van der Waals surface area contributed by atoms with E-state index >= 15 is 0 Å². The van der Waals surface area contributed by atoms with Crippen LogP contribution in [0.4, 0.5) is 0 Å². The Bertz CT molecular complexity index is 587. The number of hydrogen-bond donors (Lipinski definition) is 1. The number of primary amides is 1. The van der Waals surface area contributed by atoms with Gasteiger partial charge in [0.25, 0.3) is 0 Å². The highest BCUT2D eigenvalue weighted by molar-refractivity contribution is 9.10. The number of hydrogen-bond acceptors (Lipinski definition) is 3. The molecule has 4 nitrogen and oxygen atoms in total. The second kappa shape index (κ2) is 7.36. The standard InChI is InChI=1S/C16H17BrN2O2/c1-19(21-11-12-5-3-2-4-6-12)15(16(18)20)13-7-9-14(17)10-8-13/h2-10,15H,11H2,1H3,(H2,18,20)/t15-/m1/s1. The summed E-state index contributed by atoms with van der Waals surface area (Å²) in [6.45, 7) is 0.387. The molecule has 0 unspecified atom stereocenters. The molecule has 0 bridgehead atoms. The molecule has 0 heterocycles. The zero-order valence-electron chi connectivity index (χ0n) is 11.7. The molecular formula is C16H17BrN2O2. The highest BCUT2D eigenvalue weighted by Crippen LogP contribution is 2.22. The van der Waals surface area contributed by atoms with Crippen molar-refractivity contribution >= 4 is 21.8 Å². The number of benzene rings is 2. The summed E-state index contributed by atoms with van der Waals surface area (Å²) in [4.78, 5) is 17.4. The van der Waals surface area contributed by atoms with E-state index in [9.17, 15) is 4.79 Å². The first-order valence-corrected chi connectivity index (χ1v) is 7.31. The van der Waals surface area contributed by atoms with Crippen molar-refractivity contribution < 1.29 is 9.63 Å². The van der Waals surface area contributed by atoms with E-state index in [1.54, 1.807) is 7.05 Å². The summed E-state index contributed by atoms with van der Waals surface area (Å²) in [6, 6.07) is 16.6. The van der Waals surface area contributed by atoms with Crippen molar-refractivity contribution in [2.45, 2.75) is 12.6 Å². The number of hydroxylamine groups is 2. The maximum Gasteiger partial charge on any atom is 0.241 e. The Hall–Kier alpha value is -1.69. The van der Waals surface area contributed by atoms with Gasteiger partial charge in [0, 0.05) is 11.5 Å². The minimum Gasteiger partial charge on any atom is -0.368 e. The number of amides is 1. The predicted octanol–water partition coefficient (Wildman–Crippen LogP) is 3.04. The molecule has 5 heteroatoms. The van der Waals surface area contributed by atoms with E-state index in [2.05, 4.69) is 15.9 Å². The van der Waals surface area contributed by atoms with Crippen LogP contribution in [0.2, 0.25) is 0 Å². The molecule has 0 spiro atoms. The zero-order chi connectivity index (χ0) is 15.2. The van der Waals surface area contributed by atoms with Crippen molar-refractivity contribution in [1.82, 2.24) is 5.06 Å². The third-order valence-corrected chi connectivity index (χ3v) is 3.63. The van der Waals surface area contributed by atoms with Crippen LogP contribution in [0.5, 0.6) is 0 Å². The van der Waals surface area contributed by atoms with Gasteiger partial charge in [0.15, 0.2) is 0 Å². The summed E-state index contributed by atoms with van der Waals surface area (Å²) < 4.78 is 0.947. The van der Waals surface area contributed by atoms with E-state index < -0.39 is 11.9 Å². The Kier molecular flexibility index (Phi) is 5.50. The summed E-state index contributed by atoms with van der Waals surface area (Å²) >= 11 is 3.37. The monoisotopic (exact) mass is 348 g/mol. The van der Waals surface area contributed by atoms with Crippen LogP contribution < -0.4 is 5.73 Å². The van der Waals surface area contributed by atoms with Gasteiger partial charge in [-0.05, 0) is 23.3 Å². The van der Waals surface area contributed by atoms with Crippen LogP contribution >= 0.6 is 15.9 Å². The van der Waals surface area contributed by atoms with Gasteiger partial charge < -0.3 is 5.73 Å². The molecule has 110 valence electrons. The van der Waals surface area contributed by atoms with Crippen molar-refractivity contribution in [3.63, 3.8) is 0 Å².